The predicted octanol–water partition coefficient (Wildman–Crippen LogP) is 7.32. The Morgan fingerprint density at radius 2 is 1.79 bits per heavy atom. The number of hydrogen-bond acceptors (Lipinski definition) is 3. The fourth-order valence-electron chi connectivity index (χ4n) is 2.87. The second-order valence-corrected chi connectivity index (χ2v) is 8.93. The van der Waals surface area contributed by atoms with Crippen LogP contribution in [0.4, 0.5) is 0 Å². The Morgan fingerprint density at radius 3 is 2.59 bits per heavy atom. The Kier molecular flexibility index (Phi) is 8.31. The van der Waals surface area contributed by atoms with Crippen molar-refractivity contribution in [3.8, 4) is 5.75 Å². The van der Waals surface area contributed by atoms with Gasteiger partial charge in [0.05, 0.1) is 5.02 Å². The summed E-state index contributed by atoms with van der Waals surface area (Å²) < 4.78 is 5.97. The van der Waals surface area contributed by atoms with Gasteiger partial charge in [0.25, 0.3) is 0 Å². The van der Waals surface area contributed by atoms with Crippen molar-refractivity contribution in [3.05, 3.63) is 93.5 Å². The lowest BCUT2D eigenvalue weighted by Gasteiger charge is -2.16. The van der Waals surface area contributed by atoms with Crippen molar-refractivity contribution < 1.29 is 4.74 Å². The SMILES string of the molecule is Cc1ccc(COc2cccc(C(C)NCCSc3cc(Cl)ccc3Cl)c2)cc1. The Hall–Kier alpha value is -1.65. The van der Waals surface area contributed by atoms with Gasteiger partial charge in [0.15, 0.2) is 0 Å². The summed E-state index contributed by atoms with van der Waals surface area (Å²) >= 11 is 14.0. The molecule has 0 fully saturated rings. The van der Waals surface area contributed by atoms with E-state index >= 15 is 0 Å². The van der Waals surface area contributed by atoms with Crippen LogP contribution in [0.3, 0.4) is 0 Å². The summed E-state index contributed by atoms with van der Waals surface area (Å²) in [5.41, 5.74) is 3.63. The molecule has 0 aliphatic heterocycles. The summed E-state index contributed by atoms with van der Waals surface area (Å²) in [7, 11) is 0. The molecule has 152 valence electrons. The summed E-state index contributed by atoms with van der Waals surface area (Å²) in [6, 6.07) is 22.5. The highest BCUT2D eigenvalue weighted by Gasteiger charge is 2.07. The minimum Gasteiger partial charge on any atom is -0.489 e. The van der Waals surface area contributed by atoms with Crippen molar-refractivity contribution in [2.24, 2.45) is 0 Å². The van der Waals surface area contributed by atoms with Gasteiger partial charge in [-0.3, -0.25) is 0 Å². The first kappa shape index (κ1) is 22.0. The Morgan fingerprint density at radius 1 is 1.00 bits per heavy atom. The molecular formula is C24H25Cl2NOS. The van der Waals surface area contributed by atoms with Crippen molar-refractivity contribution >= 4 is 35.0 Å². The molecule has 0 aliphatic carbocycles. The summed E-state index contributed by atoms with van der Waals surface area (Å²) in [6.45, 7) is 5.69. The second-order valence-electron chi connectivity index (χ2n) is 6.95. The van der Waals surface area contributed by atoms with Crippen LogP contribution < -0.4 is 10.1 Å². The van der Waals surface area contributed by atoms with Gasteiger partial charge in [-0.2, -0.15) is 0 Å². The standard InChI is InChI=1S/C24H25Cl2NOS/c1-17-6-8-19(9-7-17)16-28-22-5-3-4-20(14-22)18(2)27-12-13-29-24-15-21(25)10-11-23(24)26/h3-11,14-15,18,27H,12-13,16H2,1-2H3. The average Bonchev–Trinajstić information content (AvgIpc) is 2.73. The first-order valence-electron chi connectivity index (χ1n) is 9.61. The summed E-state index contributed by atoms with van der Waals surface area (Å²) in [6.07, 6.45) is 0. The molecule has 29 heavy (non-hydrogen) atoms. The zero-order chi connectivity index (χ0) is 20.6. The highest BCUT2D eigenvalue weighted by molar-refractivity contribution is 7.99. The van der Waals surface area contributed by atoms with Gasteiger partial charge in [0.2, 0.25) is 0 Å². The van der Waals surface area contributed by atoms with E-state index in [-0.39, 0.29) is 6.04 Å². The zero-order valence-electron chi connectivity index (χ0n) is 16.6. The van der Waals surface area contributed by atoms with Crippen molar-refractivity contribution in [2.45, 2.75) is 31.4 Å². The lowest BCUT2D eigenvalue weighted by atomic mass is 10.1. The summed E-state index contributed by atoms with van der Waals surface area (Å²) in [4.78, 5) is 1.01. The molecule has 0 heterocycles. The molecule has 0 aromatic heterocycles. The molecule has 2 nitrogen and oxygen atoms in total. The molecule has 1 N–H and O–H groups in total. The average molecular weight is 446 g/mol. The smallest absolute Gasteiger partial charge is 0.120 e. The maximum Gasteiger partial charge on any atom is 0.120 e. The molecule has 0 saturated heterocycles. The van der Waals surface area contributed by atoms with E-state index in [2.05, 4.69) is 55.6 Å². The monoisotopic (exact) mass is 445 g/mol. The van der Waals surface area contributed by atoms with Crippen LogP contribution in [0.25, 0.3) is 0 Å². The Balaban J connectivity index is 1.47. The van der Waals surface area contributed by atoms with E-state index in [1.54, 1.807) is 11.8 Å². The van der Waals surface area contributed by atoms with Crippen molar-refractivity contribution in [1.29, 1.82) is 0 Å². The van der Waals surface area contributed by atoms with E-state index in [0.29, 0.717) is 11.6 Å². The van der Waals surface area contributed by atoms with Crippen LogP contribution in [0.15, 0.2) is 71.6 Å². The van der Waals surface area contributed by atoms with Gasteiger partial charge in [0, 0.05) is 28.3 Å². The van der Waals surface area contributed by atoms with Crippen LogP contribution in [0.1, 0.15) is 29.7 Å². The van der Waals surface area contributed by atoms with Crippen molar-refractivity contribution in [2.75, 3.05) is 12.3 Å². The molecule has 1 atom stereocenters. The molecule has 0 aliphatic rings. The summed E-state index contributed by atoms with van der Waals surface area (Å²) in [5, 5.41) is 5.01. The van der Waals surface area contributed by atoms with E-state index in [1.807, 2.05) is 30.3 Å². The zero-order valence-corrected chi connectivity index (χ0v) is 19.0. The third-order valence-corrected chi connectivity index (χ3v) is 6.32. The van der Waals surface area contributed by atoms with E-state index in [9.17, 15) is 0 Å². The molecular weight excluding hydrogens is 421 g/mol. The molecule has 0 amide bonds. The minimum atomic E-state index is 0.230. The van der Waals surface area contributed by atoms with Crippen LogP contribution in [0, 0.1) is 6.92 Å². The molecule has 3 aromatic rings. The molecule has 0 radical (unpaired) electrons. The molecule has 3 rings (SSSR count). The van der Waals surface area contributed by atoms with Gasteiger partial charge in [-0.25, -0.2) is 0 Å². The van der Waals surface area contributed by atoms with E-state index in [0.717, 1.165) is 28.0 Å². The number of nitrogens with one attached hydrogen (secondary N) is 1. The van der Waals surface area contributed by atoms with Crippen LogP contribution in [0.2, 0.25) is 10.0 Å². The van der Waals surface area contributed by atoms with Crippen LogP contribution in [-0.4, -0.2) is 12.3 Å². The lowest BCUT2D eigenvalue weighted by Crippen LogP contribution is -2.21. The quantitative estimate of drug-likeness (QED) is 0.275. The van der Waals surface area contributed by atoms with Crippen molar-refractivity contribution in [3.63, 3.8) is 0 Å². The first-order chi connectivity index (χ1) is 14.0. The number of hydrogen-bond donors (Lipinski definition) is 1. The second kappa shape index (κ2) is 10.9. The van der Waals surface area contributed by atoms with E-state index in [1.165, 1.54) is 16.7 Å². The number of halogens is 2. The topological polar surface area (TPSA) is 21.3 Å². The van der Waals surface area contributed by atoms with Gasteiger partial charge in [-0.05, 0) is 55.3 Å². The maximum atomic E-state index is 6.22. The van der Waals surface area contributed by atoms with E-state index < -0.39 is 0 Å². The van der Waals surface area contributed by atoms with Gasteiger partial charge in [-0.15, -0.1) is 11.8 Å². The van der Waals surface area contributed by atoms with Gasteiger partial charge in [0.1, 0.15) is 12.4 Å². The van der Waals surface area contributed by atoms with Crippen LogP contribution >= 0.6 is 35.0 Å². The third kappa shape index (κ3) is 6.97. The molecule has 1 unspecified atom stereocenters. The largest absolute Gasteiger partial charge is 0.489 e. The van der Waals surface area contributed by atoms with Crippen molar-refractivity contribution in [1.82, 2.24) is 5.32 Å². The fourth-order valence-corrected chi connectivity index (χ4v) is 4.24. The predicted molar refractivity (Wildman–Crippen MR) is 126 cm³/mol. The highest BCUT2D eigenvalue weighted by Crippen LogP contribution is 2.29. The van der Waals surface area contributed by atoms with Gasteiger partial charge >= 0.3 is 0 Å². The molecule has 3 aromatic carbocycles. The van der Waals surface area contributed by atoms with Crippen LogP contribution in [0.5, 0.6) is 5.75 Å². The Bertz CT molecular complexity index is 930. The minimum absolute atomic E-state index is 0.230. The van der Waals surface area contributed by atoms with Crippen LogP contribution in [-0.2, 0) is 6.61 Å². The third-order valence-electron chi connectivity index (χ3n) is 4.59. The molecule has 0 bridgehead atoms. The molecule has 5 heteroatoms. The number of aryl methyl sites for hydroxylation is 1. The maximum absolute atomic E-state index is 6.22. The number of ether oxygens (including phenoxy) is 1. The first-order valence-corrected chi connectivity index (χ1v) is 11.3. The van der Waals surface area contributed by atoms with E-state index in [4.69, 9.17) is 27.9 Å². The number of benzene rings is 3. The Labute approximate surface area is 187 Å². The molecule has 0 spiro atoms. The number of thioether (sulfide) groups is 1. The highest BCUT2D eigenvalue weighted by atomic mass is 35.5. The molecule has 0 saturated carbocycles. The summed E-state index contributed by atoms with van der Waals surface area (Å²) in [5.74, 6) is 1.80. The fraction of sp³-hybridized carbons (Fsp3) is 0.250. The number of rotatable bonds is 9. The normalized spacial score (nSPS) is 12.0. The van der Waals surface area contributed by atoms with Gasteiger partial charge < -0.3 is 10.1 Å². The lowest BCUT2D eigenvalue weighted by molar-refractivity contribution is 0.305. The van der Waals surface area contributed by atoms with Gasteiger partial charge in [-0.1, -0.05) is 65.2 Å².